The molecule has 0 aliphatic heterocycles. The van der Waals surface area contributed by atoms with Crippen molar-refractivity contribution in [3.63, 3.8) is 0 Å². The lowest BCUT2D eigenvalue weighted by molar-refractivity contribution is 0.172. The molecule has 1 aromatic heterocycles. The molecule has 0 saturated carbocycles. The highest BCUT2D eigenvalue weighted by molar-refractivity contribution is 5.86. The molecule has 3 aromatic carbocycles. The van der Waals surface area contributed by atoms with Crippen LogP contribution in [0, 0.1) is 0 Å². The second-order valence-corrected chi connectivity index (χ2v) is 9.34. The van der Waals surface area contributed by atoms with Crippen LogP contribution in [0.5, 0.6) is 11.5 Å². The molecule has 1 unspecified atom stereocenters. The van der Waals surface area contributed by atoms with E-state index in [0.717, 1.165) is 34.7 Å². The zero-order valence-corrected chi connectivity index (χ0v) is 20.8. The fraction of sp³-hybridized carbons (Fsp3) is 0.333. The number of anilines is 1. The number of nitrogens with one attached hydrogen (secondary N) is 3. The van der Waals surface area contributed by atoms with E-state index in [4.69, 9.17) is 9.47 Å². The highest BCUT2D eigenvalue weighted by atomic mass is 16.5. The van der Waals surface area contributed by atoms with Crippen molar-refractivity contribution >= 4 is 16.6 Å². The third-order valence-corrected chi connectivity index (χ3v) is 6.85. The average molecular weight is 486 g/mol. The van der Waals surface area contributed by atoms with Gasteiger partial charge in [-0.05, 0) is 66.6 Å². The number of aliphatic hydroxyl groups excluding tert-OH is 1. The van der Waals surface area contributed by atoms with E-state index in [9.17, 15) is 5.11 Å². The van der Waals surface area contributed by atoms with Crippen LogP contribution >= 0.6 is 0 Å². The molecule has 1 aliphatic carbocycles. The normalized spacial score (nSPS) is 13.8. The van der Waals surface area contributed by atoms with Gasteiger partial charge in [-0.2, -0.15) is 0 Å². The van der Waals surface area contributed by atoms with Gasteiger partial charge in [-0.1, -0.05) is 36.4 Å². The Bertz CT molecular complexity index is 1290. The van der Waals surface area contributed by atoms with Gasteiger partial charge in [-0.25, -0.2) is 0 Å². The predicted octanol–water partition coefficient (Wildman–Crippen LogP) is 5.37. The molecule has 1 heterocycles. The number of benzene rings is 3. The molecule has 6 heteroatoms. The highest BCUT2D eigenvalue weighted by Crippen LogP contribution is 2.31. The molecular formula is C30H35N3O3. The molecule has 36 heavy (non-hydrogen) atoms. The fourth-order valence-corrected chi connectivity index (χ4v) is 4.89. The zero-order valence-electron chi connectivity index (χ0n) is 20.8. The Morgan fingerprint density at radius 2 is 1.83 bits per heavy atom. The van der Waals surface area contributed by atoms with E-state index >= 15 is 0 Å². The minimum atomic E-state index is -0.623. The monoisotopic (exact) mass is 485 g/mol. The first-order valence-electron chi connectivity index (χ1n) is 12.8. The highest BCUT2D eigenvalue weighted by Gasteiger charge is 2.15. The van der Waals surface area contributed by atoms with Crippen LogP contribution in [0.3, 0.4) is 0 Å². The van der Waals surface area contributed by atoms with Crippen molar-refractivity contribution in [3.8, 4) is 11.5 Å². The van der Waals surface area contributed by atoms with Crippen LogP contribution in [0.4, 0.5) is 5.69 Å². The van der Waals surface area contributed by atoms with Gasteiger partial charge in [0.15, 0.2) is 0 Å². The number of H-pyrrole nitrogens is 1. The van der Waals surface area contributed by atoms with Gasteiger partial charge in [-0.15, -0.1) is 0 Å². The van der Waals surface area contributed by atoms with Gasteiger partial charge in [0.25, 0.3) is 0 Å². The maximum atomic E-state index is 10.7. The number of ether oxygens (including phenoxy) is 2. The predicted molar refractivity (Wildman–Crippen MR) is 145 cm³/mol. The standard InChI is InChI=1S/C30H35N3O3/c1-31-28-17-22(11-14-30(28)36-20-21-7-3-2-4-8-21)29(34)19-32-15-16-35-23-12-13-25-24-9-5-6-10-26(24)33-27(25)18-23/h2-4,7-8,11-14,17-18,29,31-34H,5-6,9-10,15-16,19-20H2,1H3. The quantitative estimate of drug-likeness (QED) is 0.215. The minimum absolute atomic E-state index is 0.444. The third kappa shape index (κ3) is 5.66. The van der Waals surface area contributed by atoms with Crippen molar-refractivity contribution in [1.29, 1.82) is 0 Å². The average Bonchev–Trinajstić information content (AvgIpc) is 3.30. The third-order valence-electron chi connectivity index (χ3n) is 6.85. The molecular weight excluding hydrogens is 450 g/mol. The van der Waals surface area contributed by atoms with Gasteiger partial charge in [0, 0.05) is 42.8 Å². The van der Waals surface area contributed by atoms with Gasteiger partial charge in [-0.3, -0.25) is 0 Å². The second-order valence-electron chi connectivity index (χ2n) is 9.34. The summed E-state index contributed by atoms with van der Waals surface area (Å²) in [7, 11) is 1.86. The fourth-order valence-electron chi connectivity index (χ4n) is 4.89. The molecule has 0 radical (unpaired) electrons. The van der Waals surface area contributed by atoms with Crippen molar-refractivity contribution in [2.24, 2.45) is 0 Å². The molecule has 1 atom stereocenters. The summed E-state index contributed by atoms with van der Waals surface area (Å²) in [6.07, 6.45) is 4.23. The van der Waals surface area contributed by atoms with Crippen LogP contribution in [0.15, 0.2) is 66.7 Å². The molecule has 4 N–H and O–H groups in total. The Labute approximate surface area is 212 Å². The first-order valence-corrected chi connectivity index (χ1v) is 12.8. The SMILES string of the molecule is CNc1cc(C(O)CNCCOc2ccc3c4c([nH]c3c2)CCCC4)ccc1OCc1ccccc1. The van der Waals surface area contributed by atoms with Crippen LogP contribution in [-0.4, -0.2) is 36.8 Å². The van der Waals surface area contributed by atoms with E-state index in [0.29, 0.717) is 26.3 Å². The Kier molecular flexibility index (Phi) is 7.74. The van der Waals surface area contributed by atoms with E-state index in [1.807, 2.05) is 55.6 Å². The molecule has 4 aromatic rings. The summed E-state index contributed by atoms with van der Waals surface area (Å²) in [6.45, 7) is 2.12. The summed E-state index contributed by atoms with van der Waals surface area (Å²) in [5.41, 5.74) is 6.84. The smallest absolute Gasteiger partial charge is 0.142 e. The molecule has 0 amide bonds. The van der Waals surface area contributed by atoms with E-state index in [-0.39, 0.29) is 0 Å². The summed E-state index contributed by atoms with van der Waals surface area (Å²) < 4.78 is 11.9. The lowest BCUT2D eigenvalue weighted by Crippen LogP contribution is -2.26. The first kappa shape index (κ1) is 24.2. The maximum Gasteiger partial charge on any atom is 0.142 e. The van der Waals surface area contributed by atoms with E-state index in [1.165, 1.54) is 41.4 Å². The first-order chi connectivity index (χ1) is 17.7. The topological polar surface area (TPSA) is 78.5 Å². The van der Waals surface area contributed by atoms with Gasteiger partial charge < -0.3 is 30.2 Å². The van der Waals surface area contributed by atoms with Crippen molar-refractivity contribution in [2.45, 2.75) is 38.4 Å². The molecule has 0 fully saturated rings. The Morgan fingerprint density at radius 1 is 0.972 bits per heavy atom. The lowest BCUT2D eigenvalue weighted by Gasteiger charge is -2.16. The summed E-state index contributed by atoms with van der Waals surface area (Å²) >= 11 is 0. The van der Waals surface area contributed by atoms with Gasteiger partial charge in [0.2, 0.25) is 0 Å². The molecule has 0 bridgehead atoms. The summed E-state index contributed by atoms with van der Waals surface area (Å²) in [5, 5.41) is 18.5. The van der Waals surface area contributed by atoms with Crippen molar-refractivity contribution in [2.75, 3.05) is 32.1 Å². The Balaban J connectivity index is 1.09. The molecule has 0 spiro atoms. The minimum Gasteiger partial charge on any atom is -0.492 e. The zero-order chi connectivity index (χ0) is 24.7. The molecule has 6 nitrogen and oxygen atoms in total. The Hall–Kier alpha value is -3.48. The van der Waals surface area contributed by atoms with Crippen molar-refractivity contribution in [3.05, 3.63) is 89.1 Å². The molecule has 1 aliphatic rings. The summed E-state index contributed by atoms with van der Waals surface area (Å²) in [6, 6.07) is 22.2. The number of hydrogen-bond acceptors (Lipinski definition) is 5. The Morgan fingerprint density at radius 3 is 2.69 bits per heavy atom. The van der Waals surface area contributed by atoms with Crippen LogP contribution in [0.25, 0.3) is 10.9 Å². The number of fused-ring (bicyclic) bond motifs is 3. The number of hydrogen-bond donors (Lipinski definition) is 4. The molecule has 0 saturated heterocycles. The number of aliphatic hydroxyl groups is 1. The second kappa shape index (κ2) is 11.5. The lowest BCUT2D eigenvalue weighted by atomic mass is 9.96. The summed E-state index contributed by atoms with van der Waals surface area (Å²) in [5.74, 6) is 1.63. The van der Waals surface area contributed by atoms with Crippen LogP contribution in [-0.2, 0) is 19.4 Å². The van der Waals surface area contributed by atoms with Crippen molar-refractivity contribution in [1.82, 2.24) is 10.3 Å². The van der Waals surface area contributed by atoms with E-state index < -0.39 is 6.10 Å². The van der Waals surface area contributed by atoms with Gasteiger partial charge >= 0.3 is 0 Å². The number of aromatic amines is 1. The van der Waals surface area contributed by atoms with Crippen LogP contribution in [0.2, 0.25) is 0 Å². The molecule has 188 valence electrons. The largest absolute Gasteiger partial charge is 0.492 e. The van der Waals surface area contributed by atoms with E-state index in [1.54, 1.807) is 0 Å². The van der Waals surface area contributed by atoms with Gasteiger partial charge in [0.05, 0.1) is 11.8 Å². The number of aromatic nitrogens is 1. The molecule has 5 rings (SSSR count). The van der Waals surface area contributed by atoms with Crippen LogP contribution in [0.1, 0.15) is 41.3 Å². The van der Waals surface area contributed by atoms with E-state index in [2.05, 4.69) is 33.8 Å². The maximum absolute atomic E-state index is 10.7. The number of aryl methyl sites for hydroxylation is 2. The number of rotatable bonds is 11. The summed E-state index contributed by atoms with van der Waals surface area (Å²) in [4.78, 5) is 3.58. The van der Waals surface area contributed by atoms with Crippen LogP contribution < -0.4 is 20.1 Å². The van der Waals surface area contributed by atoms with Crippen molar-refractivity contribution < 1.29 is 14.6 Å². The van der Waals surface area contributed by atoms with Gasteiger partial charge in [0.1, 0.15) is 24.7 Å².